The summed E-state index contributed by atoms with van der Waals surface area (Å²) in [5.41, 5.74) is 0.662. The van der Waals surface area contributed by atoms with Gasteiger partial charge in [-0.1, -0.05) is 25.3 Å². The van der Waals surface area contributed by atoms with Crippen LogP contribution in [-0.2, 0) is 0 Å². The fourth-order valence-electron chi connectivity index (χ4n) is 3.92. The maximum atomic E-state index is 12.8. The van der Waals surface area contributed by atoms with Gasteiger partial charge in [0, 0.05) is 44.6 Å². The van der Waals surface area contributed by atoms with Gasteiger partial charge in [0.1, 0.15) is 11.6 Å². The van der Waals surface area contributed by atoms with Crippen LogP contribution in [-0.4, -0.2) is 53.0 Å². The molecule has 1 aliphatic carbocycles. The van der Waals surface area contributed by atoms with Gasteiger partial charge in [0.15, 0.2) is 0 Å². The molecule has 1 N–H and O–H groups in total. The molecule has 0 bridgehead atoms. The number of nitrogens with one attached hydrogen (secondary N) is 1. The summed E-state index contributed by atoms with van der Waals surface area (Å²) < 4.78 is 0. The summed E-state index contributed by atoms with van der Waals surface area (Å²) in [7, 11) is 0. The zero-order valence-electron chi connectivity index (χ0n) is 15.7. The highest BCUT2D eigenvalue weighted by Gasteiger charge is 2.23. The molecule has 6 nitrogen and oxygen atoms in total. The summed E-state index contributed by atoms with van der Waals surface area (Å²) in [6.07, 6.45) is 9.86. The van der Waals surface area contributed by atoms with E-state index < -0.39 is 0 Å². The van der Waals surface area contributed by atoms with Crippen LogP contribution in [0.4, 0.5) is 11.6 Å². The SMILES string of the molecule is O=C(c1ccc(NC2CCCCC2)nc1)N1CCN(c2ccccn2)CC1. The van der Waals surface area contributed by atoms with Crippen LogP contribution in [0.3, 0.4) is 0 Å². The third-order valence-electron chi connectivity index (χ3n) is 5.51. The van der Waals surface area contributed by atoms with E-state index in [2.05, 4.69) is 20.2 Å². The minimum absolute atomic E-state index is 0.0624. The summed E-state index contributed by atoms with van der Waals surface area (Å²) in [4.78, 5) is 25.8. The van der Waals surface area contributed by atoms with E-state index in [0.29, 0.717) is 24.7 Å². The van der Waals surface area contributed by atoms with E-state index in [1.807, 2.05) is 35.2 Å². The lowest BCUT2D eigenvalue weighted by Crippen LogP contribution is -2.49. The van der Waals surface area contributed by atoms with E-state index >= 15 is 0 Å². The van der Waals surface area contributed by atoms with Crippen molar-refractivity contribution < 1.29 is 4.79 Å². The van der Waals surface area contributed by atoms with Gasteiger partial charge in [0.25, 0.3) is 5.91 Å². The molecule has 2 aliphatic rings. The summed E-state index contributed by atoms with van der Waals surface area (Å²) in [5, 5.41) is 3.50. The van der Waals surface area contributed by atoms with Gasteiger partial charge in [-0.15, -0.1) is 0 Å². The number of pyridine rings is 2. The van der Waals surface area contributed by atoms with Crippen molar-refractivity contribution in [3.05, 3.63) is 48.3 Å². The van der Waals surface area contributed by atoms with Crippen molar-refractivity contribution in [1.29, 1.82) is 0 Å². The Morgan fingerprint density at radius 1 is 0.963 bits per heavy atom. The first-order valence-corrected chi connectivity index (χ1v) is 9.97. The third-order valence-corrected chi connectivity index (χ3v) is 5.51. The molecule has 0 aromatic carbocycles. The highest BCUT2D eigenvalue weighted by atomic mass is 16.2. The maximum Gasteiger partial charge on any atom is 0.255 e. The van der Waals surface area contributed by atoms with Crippen LogP contribution >= 0.6 is 0 Å². The summed E-state index contributed by atoms with van der Waals surface area (Å²) in [6, 6.07) is 10.3. The van der Waals surface area contributed by atoms with Crippen LogP contribution in [0.15, 0.2) is 42.7 Å². The van der Waals surface area contributed by atoms with Crippen LogP contribution in [0.25, 0.3) is 0 Å². The van der Waals surface area contributed by atoms with E-state index in [9.17, 15) is 4.79 Å². The van der Waals surface area contributed by atoms with E-state index in [1.54, 1.807) is 12.4 Å². The van der Waals surface area contributed by atoms with Crippen molar-refractivity contribution in [3.63, 3.8) is 0 Å². The van der Waals surface area contributed by atoms with Gasteiger partial charge >= 0.3 is 0 Å². The molecule has 1 saturated heterocycles. The van der Waals surface area contributed by atoms with Crippen LogP contribution in [0.1, 0.15) is 42.5 Å². The van der Waals surface area contributed by atoms with E-state index in [-0.39, 0.29) is 5.91 Å². The molecular formula is C21H27N5O. The number of aromatic nitrogens is 2. The zero-order valence-corrected chi connectivity index (χ0v) is 15.7. The number of piperazine rings is 1. The van der Waals surface area contributed by atoms with Crippen molar-refractivity contribution in [2.75, 3.05) is 36.4 Å². The standard InChI is InChI=1S/C21H27N5O/c27-21(26-14-12-25(13-15-26)20-8-4-5-11-22-20)17-9-10-19(23-16-17)24-18-6-2-1-3-7-18/h4-5,8-11,16,18H,1-3,6-7,12-15H2,(H,23,24). The predicted octanol–water partition coefficient (Wildman–Crippen LogP) is 3.18. The lowest BCUT2D eigenvalue weighted by molar-refractivity contribution is 0.0746. The number of anilines is 2. The summed E-state index contributed by atoms with van der Waals surface area (Å²) >= 11 is 0. The lowest BCUT2D eigenvalue weighted by atomic mass is 9.95. The fraction of sp³-hybridized carbons (Fsp3) is 0.476. The molecule has 6 heteroatoms. The first-order valence-electron chi connectivity index (χ1n) is 9.97. The Labute approximate surface area is 160 Å². The third kappa shape index (κ3) is 4.38. The number of carbonyl (C=O) groups excluding carboxylic acids is 1. The molecule has 1 amide bonds. The van der Waals surface area contributed by atoms with Crippen molar-refractivity contribution in [2.24, 2.45) is 0 Å². The fourth-order valence-corrected chi connectivity index (χ4v) is 3.92. The Morgan fingerprint density at radius 3 is 2.44 bits per heavy atom. The van der Waals surface area contributed by atoms with Gasteiger partial charge in [-0.3, -0.25) is 4.79 Å². The lowest BCUT2D eigenvalue weighted by Gasteiger charge is -2.35. The molecule has 0 spiro atoms. The number of hydrogen-bond acceptors (Lipinski definition) is 5. The molecule has 4 rings (SSSR count). The highest BCUT2D eigenvalue weighted by Crippen LogP contribution is 2.21. The maximum absolute atomic E-state index is 12.8. The largest absolute Gasteiger partial charge is 0.367 e. The van der Waals surface area contributed by atoms with E-state index in [4.69, 9.17) is 0 Å². The Balaban J connectivity index is 1.32. The minimum atomic E-state index is 0.0624. The molecule has 2 fully saturated rings. The van der Waals surface area contributed by atoms with E-state index in [0.717, 1.165) is 24.7 Å². The van der Waals surface area contributed by atoms with Crippen LogP contribution < -0.4 is 10.2 Å². The molecule has 27 heavy (non-hydrogen) atoms. The van der Waals surface area contributed by atoms with Gasteiger partial charge in [-0.25, -0.2) is 9.97 Å². The van der Waals surface area contributed by atoms with Gasteiger partial charge in [-0.2, -0.15) is 0 Å². The number of nitrogens with zero attached hydrogens (tertiary/aromatic N) is 4. The van der Waals surface area contributed by atoms with Crippen molar-refractivity contribution in [2.45, 2.75) is 38.1 Å². The minimum Gasteiger partial charge on any atom is -0.367 e. The second-order valence-corrected chi connectivity index (χ2v) is 7.38. The predicted molar refractivity (Wildman–Crippen MR) is 107 cm³/mol. The van der Waals surface area contributed by atoms with E-state index in [1.165, 1.54) is 32.1 Å². The van der Waals surface area contributed by atoms with Gasteiger partial charge in [0.05, 0.1) is 5.56 Å². The molecule has 0 unspecified atom stereocenters. The van der Waals surface area contributed by atoms with Crippen molar-refractivity contribution in [3.8, 4) is 0 Å². The Bertz CT molecular complexity index is 735. The highest BCUT2D eigenvalue weighted by molar-refractivity contribution is 5.94. The van der Waals surface area contributed by atoms with Crippen LogP contribution in [0.2, 0.25) is 0 Å². The number of rotatable bonds is 4. The molecule has 1 saturated carbocycles. The summed E-state index contributed by atoms with van der Waals surface area (Å²) in [6.45, 7) is 3.02. The molecule has 1 aliphatic heterocycles. The molecular weight excluding hydrogens is 338 g/mol. The molecule has 0 radical (unpaired) electrons. The van der Waals surface area contributed by atoms with Crippen molar-refractivity contribution in [1.82, 2.24) is 14.9 Å². The van der Waals surface area contributed by atoms with Crippen molar-refractivity contribution >= 4 is 17.5 Å². The monoisotopic (exact) mass is 365 g/mol. The topological polar surface area (TPSA) is 61.4 Å². The molecule has 0 atom stereocenters. The smallest absolute Gasteiger partial charge is 0.255 e. The molecule has 142 valence electrons. The molecule has 3 heterocycles. The number of hydrogen-bond donors (Lipinski definition) is 1. The first kappa shape index (κ1) is 17.8. The van der Waals surface area contributed by atoms with Gasteiger partial charge in [0.2, 0.25) is 0 Å². The second kappa shape index (κ2) is 8.37. The zero-order chi connectivity index (χ0) is 18.5. The number of carbonyl (C=O) groups is 1. The Morgan fingerprint density at radius 2 is 1.78 bits per heavy atom. The Kier molecular flexibility index (Phi) is 5.51. The average Bonchev–Trinajstić information content (AvgIpc) is 2.75. The number of amides is 1. The molecule has 2 aromatic heterocycles. The second-order valence-electron chi connectivity index (χ2n) is 7.38. The van der Waals surface area contributed by atoms with Gasteiger partial charge in [-0.05, 0) is 37.1 Å². The van der Waals surface area contributed by atoms with Crippen LogP contribution in [0.5, 0.6) is 0 Å². The summed E-state index contributed by atoms with van der Waals surface area (Å²) in [5.74, 6) is 1.91. The Hall–Kier alpha value is -2.63. The average molecular weight is 365 g/mol. The van der Waals surface area contributed by atoms with Gasteiger partial charge < -0.3 is 15.1 Å². The normalized spacial score (nSPS) is 18.4. The quantitative estimate of drug-likeness (QED) is 0.902. The molecule has 2 aromatic rings. The first-order chi connectivity index (χ1) is 13.3. The van der Waals surface area contributed by atoms with Crippen LogP contribution in [0, 0.1) is 0 Å².